The molecule has 2 N–H and O–H groups in total. The molecule has 4 rings (SSSR count). The molecule has 1 aliphatic heterocycles. The molecule has 6 nitrogen and oxygen atoms in total. The Morgan fingerprint density at radius 1 is 1.19 bits per heavy atom. The van der Waals surface area contributed by atoms with Gasteiger partial charge >= 0.3 is 6.03 Å². The number of anilines is 1. The summed E-state index contributed by atoms with van der Waals surface area (Å²) in [7, 11) is 0. The monoisotopic (exact) mass is 367 g/mol. The molecule has 0 radical (unpaired) electrons. The lowest BCUT2D eigenvalue weighted by Gasteiger charge is -2.36. The number of urea groups is 1. The predicted molar refractivity (Wildman–Crippen MR) is 103 cm³/mol. The fourth-order valence-electron chi connectivity index (χ4n) is 3.56. The quantitative estimate of drug-likeness (QED) is 0.747. The van der Waals surface area contributed by atoms with Crippen molar-refractivity contribution in [3.8, 4) is 0 Å². The number of pyridine rings is 1. The molecule has 1 atom stereocenters. The average Bonchev–Trinajstić information content (AvgIpc) is 3.17. The van der Waals surface area contributed by atoms with Gasteiger partial charge < -0.3 is 20.1 Å². The van der Waals surface area contributed by atoms with Crippen LogP contribution in [0.2, 0.25) is 0 Å². The normalized spacial score (nSPS) is 15.8. The van der Waals surface area contributed by atoms with Gasteiger partial charge in [-0.3, -0.25) is 4.98 Å². The third-order valence-corrected chi connectivity index (χ3v) is 5.02. The summed E-state index contributed by atoms with van der Waals surface area (Å²) >= 11 is 0. The van der Waals surface area contributed by atoms with Gasteiger partial charge in [-0.2, -0.15) is 0 Å². The van der Waals surface area contributed by atoms with Crippen LogP contribution in [0.4, 0.5) is 14.9 Å². The molecule has 0 saturated carbocycles. The summed E-state index contributed by atoms with van der Waals surface area (Å²) in [6, 6.07) is 10.5. The van der Waals surface area contributed by atoms with Crippen LogP contribution in [-0.4, -0.2) is 47.1 Å². The Hall–Kier alpha value is -3.09. The number of rotatable bonds is 3. The van der Waals surface area contributed by atoms with Gasteiger partial charge in [0.2, 0.25) is 0 Å². The number of piperazine rings is 1. The highest BCUT2D eigenvalue weighted by molar-refractivity contribution is 5.92. The number of carbonyl (C=O) groups excluding carboxylic acids is 1. The molecule has 3 aromatic rings. The Balaban J connectivity index is 1.38. The number of aromatic nitrogens is 2. The van der Waals surface area contributed by atoms with Crippen LogP contribution in [0.15, 0.2) is 48.8 Å². The highest BCUT2D eigenvalue weighted by atomic mass is 19.1. The van der Waals surface area contributed by atoms with Gasteiger partial charge in [0, 0.05) is 55.2 Å². The van der Waals surface area contributed by atoms with Crippen molar-refractivity contribution < 1.29 is 9.18 Å². The van der Waals surface area contributed by atoms with E-state index in [0.29, 0.717) is 13.1 Å². The van der Waals surface area contributed by atoms with Crippen LogP contribution in [0.3, 0.4) is 0 Å². The first kappa shape index (κ1) is 17.3. The number of hydrogen-bond donors (Lipinski definition) is 2. The van der Waals surface area contributed by atoms with Crippen molar-refractivity contribution >= 4 is 22.6 Å². The van der Waals surface area contributed by atoms with Crippen molar-refractivity contribution in [2.24, 2.45) is 0 Å². The van der Waals surface area contributed by atoms with E-state index in [1.807, 2.05) is 12.3 Å². The number of nitrogens with one attached hydrogen (secondary N) is 2. The minimum absolute atomic E-state index is 0.188. The van der Waals surface area contributed by atoms with E-state index >= 15 is 0 Å². The molecule has 0 unspecified atom stereocenters. The molecule has 27 heavy (non-hydrogen) atoms. The van der Waals surface area contributed by atoms with Crippen molar-refractivity contribution in [2.75, 3.05) is 31.1 Å². The van der Waals surface area contributed by atoms with Crippen LogP contribution in [0.1, 0.15) is 18.7 Å². The second-order valence-corrected chi connectivity index (χ2v) is 6.73. The Labute approximate surface area is 157 Å². The van der Waals surface area contributed by atoms with Crippen LogP contribution in [0, 0.1) is 5.82 Å². The summed E-state index contributed by atoms with van der Waals surface area (Å²) in [5.41, 5.74) is 2.54. The second kappa shape index (κ2) is 7.26. The van der Waals surface area contributed by atoms with Gasteiger partial charge in [0.25, 0.3) is 0 Å². The number of nitrogens with zero attached hydrogens (tertiary/aromatic N) is 3. The van der Waals surface area contributed by atoms with Crippen molar-refractivity contribution in [3.63, 3.8) is 0 Å². The van der Waals surface area contributed by atoms with E-state index in [1.54, 1.807) is 11.8 Å². The molecule has 0 bridgehead atoms. The van der Waals surface area contributed by atoms with Gasteiger partial charge in [0.1, 0.15) is 5.82 Å². The van der Waals surface area contributed by atoms with E-state index in [9.17, 15) is 9.18 Å². The third-order valence-electron chi connectivity index (χ3n) is 5.02. The second-order valence-electron chi connectivity index (χ2n) is 6.73. The van der Waals surface area contributed by atoms with E-state index in [-0.39, 0.29) is 11.7 Å². The van der Waals surface area contributed by atoms with E-state index in [2.05, 4.69) is 38.4 Å². The van der Waals surface area contributed by atoms with E-state index in [0.717, 1.165) is 18.6 Å². The first-order chi connectivity index (χ1) is 13.1. The van der Waals surface area contributed by atoms with Gasteiger partial charge in [-0.05, 0) is 37.3 Å². The molecule has 1 fully saturated rings. The summed E-state index contributed by atoms with van der Waals surface area (Å²) in [4.78, 5) is 23.9. The first-order valence-corrected chi connectivity index (χ1v) is 9.10. The molecule has 1 aliphatic rings. The number of aromatic amines is 1. The summed E-state index contributed by atoms with van der Waals surface area (Å²) in [5, 5.41) is 4.04. The first-order valence-electron chi connectivity index (χ1n) is 9.10. The van der Waals surface area contributed by atoms with E-state index < -0.39 is 11.9 Å². The number of halogens is 1. The summed E-state index contributed by atoms with van der Waals surface area (Å²) in [6.45, 7) is 4.48. The summed E-state index contributed by atoms with van der Waals surface area (Å²) in [6.07, 6.45) is 3.47. The molecular formula is C20H22FN5O. The Morgan fingerprint density at radius 2 is 2.00 bits per heavy atom. The maximum atomic E-state index is 13.8. The van der Waals surface area contributed by atoms with Crippen molar-refractivity contribution in [2.45, 2.75) is 13.0 Å². The average molecular weight is 367 g/mol. The predicted octanol–water partition coefficient (Wildman–Crippen LogP) is 3.29. The molecule has 1 saturated heterocycles. The number of fused-ring (bicyclic) bond motifs is 1. The molecule has 3 heterocycles. The molecule has 2 amide bonds. The lowest BCUT2D eigenvalue weighted by molar-refractivity contribution is 0.190. The topological polar surface area (TPSA) is 64.3 Å². The van der Waals surface area contributed by atoms with Gasteiger partial charge in [-0.25, -0.2) is 9.18 Å². The molecular weight excluding hydrogens is 345 g/mol. The Kier molecular flexibility index (Phi) is 4.66. The third kappa shape index (κ3) is 3.45. The molecule has 1 aromatic carbocycles. The largest absolute Gasteiger partial charge is 0.367 e. The van der Waals surface area contributed by atoms with Crippen LogP contribution in [0.25, 0.3) is 10.9 Å². The summed E-state index contributed by atoms with van der Waals surface area (Å²) < 4.78 is 13.8. The van der Waals surface area contributed by atoms with E-state index in [1.165, 1.54) is 29.4 Å². The molecule has 2 aromatic heterocycles. The fraction of sp³-hybridized carbons (Fsp3) is 0.300. The number of H-pyrrole nitrogens is 1. The maximum Gasteiger partial charge on any atom is 0.318 e. The molecule has 7 heteroatoms. The molecule has 0 aliphatic carbocycles. The summed E-state index contributed by atoms with van der Waals surface area (Å²) in [5.74, 6) is -0.408. The smallest absolute Gasteiger partial charge is 0.318 e. The van der Waals surface area contributed by atoms with Gasteiger partial charge in [0.05, 0.1) is 11.7 Å². The number of hydrogen-bond acceptors (Lipinski definition) is 3. The highest BCUT2D eigenvalue weighted by Crippen LogP contribution is 2.27. The lowest BCUT2D eigenvalue weighted by atomic mass is 10.1. The Bertz CT molecular complexity index is 948. The minimum atomic E-state index is -0.481. The minimum Gasteiger partial charge on any atom is -0.367 e. The Morgan fingerprint density at radius 3 is 2.78 bits per heavy atom. The van der Waals surface area contributed by atoms with Crippen molar-refractivity contribution in [1.82, 2.24) is 20.2 Å². The zero-order chi connectivity index (χ0) is 18.8. The standard InChI is InChI=1S/C20H22FN5O/c1-14(19-16(21)4-3-8-23-19)24-20(27)26-12-10-25(11-13-26)18-6-2-5-17-15(18)7-9-22-17/h2-9,14,22H,10-13H2,1H3,(H,24,27)/t14-/m0/s1. The molecule has 0 spiro atoms. The highest BCUT2D eigenvalue weighted by Gasteiger charge is 2.24. The SMILES string of the molecule is C[C@H](NC(=O)N1CCN(c2cccc3[nH]ccc23)CC1)c1ncccc1F. The van der Waals surface area contributed by atoms with Gasteiger partial charge in [-0.15, -0.1) is 0 Å². The van der Waals surface area contributed by atoms with Crippen LogP contribution in [-0.2, 0) is 0 Å². The van der Waals surface area contributed by atoms with Crippen LogP contribution in [0.5, 0.6) is 0 Å². The number of amides is 2. The zero-order valence-corrected chi connectivity index (χ0v) is 15.2. The lowest BCUT2D eigenvalue weighted by Crippen LogP contribution is -2.52. The van der Waals surface area contributed by atoms with Crippen molar-refractivity contribution in [3.05, 3.63) is 60.3 Å². The van der Waals surface area contributed by atoms with Crippen LogP contribution < -0.4 is 10.2 Å². The van der Waals surface area contributed by atoms with Gasteiger partial charge in [-0.1, -0.05) is 6.07 Å². The van der Waals surface area contributed by atoms with Crippen LogP contribution >= 0.6 is 0 Å². The van der Waals surface area contributed by atoms with Crippen molar-refractivity contribution in [1.29, 1.82) is 0 Å². The maximum absolute atomic E-state index is 13.8. The molecule has 140 valence electrons. The zero-order valence-electron chi connectivity index (χ0n) is 15.2. The van der Waals surface area contributed by atoms with E-state index in [4.69, 9.17) is 0 Å². The number of carbonyl (C=O) groups is 1. The fourth-order valence-corrected chi connectivity index (χ4v) is 3.56. The van der Waals surface area contributed by atoms with Gasteiger partial charge in [0.15, 0.2) is 0 Å². The number of benzene rings is 1.